The van der Waals surface area contributed by atoms with Crippen LogP contribution in [0.4, 0.5) is 5.69 Å². The number of aromatic nitrogens is 2. The van der Waals surface area contributed by atoms with Gasteiger partial charge in [-0.1, -0.05) is 26.0 Å². The first-order chi connectivity index (χ1) is 9.44. The van der Waals surface area contributed by atoms with Crippen LogP contribution in [-0.4, -0.2) is 23.7 Å². The molecule has 0 atom stereocenters. The summed E-state index contributed by atoms with van der Waals surface area (Å²) in [7, 11) is -3.77. The fourth-order valence-corrected chi connectivity index (χ4v) is 2.97. The van der Waals surface area contributed by atoms with Crippen LogP contribution >= 0.6 is 0 Å². The minimum Gasteiger partial charge on any atom is -0.392 e. The predicted octanol–water partition coefficient (Wildman–Crippen LogP) is 1.83. The molecule has 0 bridgehead atoms. The van der Waals surface area contributed by atoms with E-state index in [0.717, 1.165) is 5.56 Å². The van der Waals surface area contributed by atoms with Gasteiger partial charge in [0.2, 0.25) is 0 Å². The zero-order valence-corrected chi connectivity index (χ0v) is 12.1. The molecular weight excluding hydrogens is 278 g/mol. The number of nitrogens with one attached hydrogen (secondary N) is 2. The summed E-state index contributed by atoms with van der Waals surface area (Å²) in [5.74, 6) is 0.384. The quantitative estimate of drug-likeness (QED) is 0.784. The molecule has 1 aromatic carbocycles. The van der Waals surface area contributed by atoms with Gasteiger partial charge in [-0.15, -0.1) is 0 Å². The lowest BCUT2D eigenvalue weighted by Crippen LogP contribution is -2.15. The zero-order valence-electron chi connectivity index (χ0n) is 11.3. The Labute approximate surface area is 117 Å². The molecule has 0 aliphatic carbocycles. The van der Waals surface area contributed by atoms with Crippen LogP contribution in [0.15, 0.2) is 35.5 Å². The lowest BCUT2D eigenvalue weighted by Gasteiger charge is -2.09. The minimum atomic E-state index is -3.77. The monoisotopic (exact) mass is 295 g/mol. The Hall–Kier alpha value is -1.86. The first-order valence-corrected chi connectivity index (χ1v) is 7.68. The molecule has 1 heterocycles. The number of aliphatic hydroxyl groups is 1. The molecule has 108 valence electrons. The Morgan fingerprint density at radius 2 is 1.95 bits per heavy atom. The number of anilines is 1. The Balaban J connectivity index is 2.24. The Morgan fingerprint density at radius 1 is 1.30 bits per heavy atom. The second-order valence-corrected chi connectivity index (χ2v) is 6.38. The largest absolute Gasteiger partial charge is 0.392 e. The van der Waals surface area contributed by atoms with E-state index in [4.69, 9.17) is 5.11 Å². The average Bonchev–Trinajstić information content (AvgIpc) is 2.88. The van der Waals surface area contributed by atoms with Gasteiger partial charge >= 0.3 is 0 Å². The smallest absolute Gasteiger partial charge is 0.279 e. The molecule has 0 aliphatic heterocycles. The fraction of sp³-hybridized carbons (Fsp3) is 0.308. The molecule has 0 aliphatic rings. The summed E-state index contributed by atoms with van der Waals surface area (Å²) < 4.78 is 26.8. The standard InChI is InChI=1S/C13H17N3O3S/c1-9(2)10-3-5-12(6-4-10)16-20(18,19)13-11(8-17)7-14-15-13/h3-7,9,16-17H,8H2,1-2H3,(H,14,15). The first-order valence-electron chi connectivity index (χ1n) is 6.20. The van der Waals surface area contributed by atoms with Crippen molar-refractivity contribution in [1.29, 1.82) is 0 Å². The van der Waals surface area contributed by atoms with Crippen molar-refractivity contribution in [3.63, 3.8) is 0 Å². The SMILES string of the molecule is CC(C)c1ccc(NS(=O)(=O)c2[nH]ncc2CO)cc1. The molecule has 2 aromatic rings. The highest BCUT2D eigenvalue weighted by molar-refractivity contribution is 7.92. The van der Waals surface area contributed by atoms with Crippen LogP contribution in [0.5, 0.6) is 0 Å². The van der Waals surface area contributed by atoms with Gasteiger partial charge in [0, 0.05) is 11.3 Å². The van der Waals surface area contributed by atoms with E-state index in [1.165, 1.54) is 6.20 Å². The Morgan fingerprint density at radius 3 is 2.50 bits per heavy atom. The van der Waals surface area contributed by atoms with Crippen LogP contribution in [0.3, 0.4) is 0 Å². The van der Waals surface area contributed by atoms with Gasteiger partial charge in [-0.25, -0.2) is 0 Å². The topological polar surface area (TPSA) is 95.1 Å². The van der Waals surface area contributed by atoms with Crippen molar-refractivity contribution < 1.29 is 13.5 Å². The second kappa shape index (κ2) is 5.64. The van der Waals surface area contributed by atoms with E-state index >= 15 is 0 Å². The molecule has 20 heavy (non-hydrogen) atoms. The van der Waals surface area contributed by atoms with Crippen molar-refractivity contribution in [1.82, 2.24) is 10.2 Å². The van der Waals surface area contributed by atoms with Crippen molar-refractivity contribution in [2.75, 3.05) is 4.72 Å². The summed E-state index contributed by atoms with van der Waals surface area (Å²) in [4.78, 5) is 0. The molecule has 0 radical (unpaired) electrons. The van der Waals surface area contributed by atoms with Crippen LogP contribution in [0.25, 0.3) is 0 Å². The third-order valence-corrected chi connectivity index (χ3v) is 4.34. The number of nitrogens with zero attached hydrogens (tertiary/aromatic N) is 1. The van der Waals surface area contributed by atoms with E-state index in [2.05, 4.69) is 28.8 Å². The second-order valence-electron chi connectivity index (χ2n) is 4.76. The summed E-state index contributed by atoms with van der Waals surface area (Å²) in [6.07, 6.45) is 1.29. The van der Waals surface area contributed by atoms with Gasteiger partial charge < -0.3 is 5.11 Å². The zero-order chi connectivity index (χ0) is 14.8. The van der Waals surface area contributed by atoms with Gasteiger partial charge in [0.15, 0.2) is 5.03 Å². The van der Waals surface area contributed by atoms with Crippen LogP contribution in [0.2, 0.25) is 0 Å². The van der Waals surface area contributed by atoms with Gasteiger partial charge in [-0.2, -0.15) is 13.5 Å². The van der Waals surface area contributed by atoms with Gasteiger partial charge in [0.05, 0.1) is 12.8 Å². The maximum Gasteiger partial charge on any atom is 0.279 e. The highest BCUT2D eigenvalue weighted by Gasteiger charge is 2.20. The third kappa shape index (κ3) is 3.00. The number of hydrogen-bond acceptors (Lipinski definition) is 4. The predicted molar refractivity (Wildman–Crippen MR) is 75.9 cm³/mol. The van der Waals surface area contributed by atoms with Gasteiger partial charge in [0.1, 0.15) is 0 Å². The molecule has 0 spiro atoms. The van der Waals surface area contributed by atoms with E-state index in [1.807, 2.05) is 12.1 Å². The molecule has 6 nitrogen and oxygen atoms in total. The van der Waals surface area contributed by atoms with E-state index in [-0.39, 0.29) is 17.2 Å². The highest BCUT2D eigenvalue weighted by Crippen LogP contribution is 2.20. The van der Waals surface area contributed by atoms with Crippen molar-refractivity contribution in [2.24, 2.45) is 0 Å². The summed E-state index contributed by atoms with van der Waals surface area (Å²) in [5, 5.41) is 15.0. The molecule has 3 N–H and O–H groups in total. The lowest BCUT2D eigenvalue weighted by atomic mass is 10.0. The number of aromatic amines is 1. The fourth-order valence-electron chi connectivity index (χ4n) is 1.79. The van der Waals surface area contributed by atoms with E-state index < -0.39 is 10.0 Å². The van der Waals surface area contributed by atoms with Gasteiger partial charge in [-0.05, 0) is 23.6 Å². The van der Waals surface area contributed by atoms with Crippen molar-refractivity contribution in [3.05, 3.63) is 41.6 Å². The molecule has 7 heteroatoms. The van der Waals surface area contributed by atoms with Crippen molar-refractivity contribution >= 4 is 15.7 Å². The van der Waals surface area contributed by atoms with Gasteiger partial charge in [-0.3, -0.25) is 9.82 Å². The van der Waals surface area contributed by atoms with E-state index in [1.54, 1.807) is 12.1 Å². The molecule has 2 rings (SSSR count). The van der Waals surface area contributed by atoms with Crippen molar-refractivity contribution in [3.8, 4) is 0 Å². The molecule has 1 aromatic heterocycles. The van der Waals surface area contributed by atoms with Crippen LogP contribution < -0.4 is 4.72 Å². The number of aliphatic hydroxyl groups excluding tert-OH is 1. The highest BCUT2D eigenvalue weighted by atomic mass is 32.2. The summed E-state index contributed by atoms with van der Waals surface area (Å²) in [5.41, 5.74) is 1.83. The first kappa shape index (κ1) is 14.5. The third-order valence-electron chi connectivity index (χ3n) is 2.95. The summed E-state index contributed by atoms with van der Waals surface area (Å²) in [6.45, 7) is 3.74. The average molecular weight is 295 g/mol. The maximum absolute atomic E-state index is 12.2. The van der Waals surface area contributed by atoms with E-state index in [9.17, 15) is 8.42 Å². The maximum atomic E-state index is 12.2. The molecule has 0 unspecified atom stereocenters. The number of hydrogen-bond donors (Lipinski definition) is 3. The minimum absolute atomic E-state index is 0.118. The van der Waals surface area contributed by atoms with Crippen LogP contribution in [0, 0.1) is 0 Å². The number of benzene rings is 1. The Kier molecular flexibility index (Phi) is 4.10. The molecule has 0 amide bonds. The molecule has 0 saturated heterocycles. The molecule has 0 fully saturated rings. The van der Waals surface area contributed by atoms with Crippen molar-refractivity contribution in [2.45, 2.75) is 31.4 Å². The number of sulfonamides is 1. The van der Waals surface area contributed by atoms with E-state index in [0.29, 0.717) is 11.6 Å². The summed E-state index contributed by atoms with van der Waals surface area (Å²) >= 11 is 0. The Bertz CT molecular complexity index is 675. The molecular formula is C13H17N3O3S. The lowest BCUT2D eigenvalue weighted by molar-refractivity contribution is 0.278. The van der Waals surface area contributed by atoms with Crippen LogP contribution in [-0.2, 0) is 16.6 Å². The van der Waals surface area contributed by atoms with Crippen LogP contribution in [0.1, 0.15) is 30.9 Å². The number of H-pyrrole nitrogens is 1. The molecule has 0 saturated carbocycles. The number of rotatable bonds is 5. The normalized spacial score (nSPS) is 11.8. The van der Waals surface area contributed by atoms with Gasteiger partial charge in [0.25, 0.3) is 10.0 Å². The summed E-state index contributed by atoms with van der Waals surface area (Å²) in [6, 6.07) is 7.18.